The Labute approximate surface area is 185 Å². The fourth-order valence-corrected chi connectivity index (χ4v) is 3.43. The van der Waals surface area contributed by atoms with E-state index in [0.29, 0.717) is 18.7 Å². The summed E-state index contributed by atoms with van der Waals surface area (Å²) in [7, 11) is 1.58. The molecule has 4 nitrogen and oxygen atoms in total. The number of benzene rings is 2. The topological polar surface area (TPSA) is 34.5 Å². The summed E-state index contributed by atoms with van der Waals surface area (Å²) in [6.45, 7) is 4.71. The van der Waals surface area contributed by atoms with E-state index in [1.165, 1.54) is 6.07 Å². The summed E-state index contributed by atoms with van der Waals surface area (Å²) in [6.07, 6.45) is -0.696. The Hall–Kier alpha value is -3.48. The van der Waals surface area contributed by atoms with E-state index in [2.05, 4.69) is 6.58 Å². The number of rotatable bonds is 9. The Morgan fingerprint density at radius 3 is 2.50 bits per heavy atom. The van der Waals surface area contributed by atoms with Gasteiger partial charge in [-0.3, -0.25) is 4.79 Å². The van der Waals surface area contributed by atoms with Crippen molar-refractivity contribution in [1.82, 2.24) is 9.47 Å². The van der Waals surface area contributed by atoms with Gasteiger partial charge in [0.15, 0.2) is 0 Å². The minimum Gasteiger partial charge on any atom is -0.497 e. The monoisotopic (exact) mass is 442 g/mol. The molecule has 0 spiro atoms. The number of nitrogens with zero attached hydrogens (tertiary/aromatic N) is 2. The van der Waals surface area contributed by atoms with Crippen LogP contribution in [0.2, 0.25) is 0 Å². The molecule has 0 atom stereocenters. The van der Waals surface area contributed by atoms with Crippen molar-refractivity contribution in [3.05, 3.63) is 102 Å². The van der Waals surface area contributed by atoms with Crippen LogP contribution in [0.25, 0.3) is 0 Å². The van der Waals surface area contributed by atoms with E-state index in [-0.39, 0.29) is 18.9 Å². The number of hydrogen-bond donors (Lipinski definition) is 0. The van der Waals surface area contributed by atoms with Crippen LogP contribution in [0, 0.1) is 0 Å². The molecule has 0 aliphatic rings. The maximum atomic E-state index is 13.0. The van der Waals surface area contributed by atoms with E-state index in [0.717, 1.165) is 29.1 Å². The Morgan fingerprint density at radius 2 is 1.84 bits per heavy atom. The third-order valence-corrected chi connectivity index (χ3v) is 5.10. The molecule has 0 aliphatic heterocycles. The molecule has 0 unspecified atom stereocenters. The molecule has 3 aromatic rings. The highest BCUT2D eigenvalue weighted by molar-refractivity contribution is 5.79. The summed E-state index contributed by atoms with van der Waals surface area (Å²) in [5, 5.41) is 0. The molecule has 0 saturated carbocycles. The van der Waals surface area contributed by atoms with Crippen LogP contribution in [0.5, 0.6) is 5.75 Å². The van der Waals surface area contributed by atoms with Gasteiger partial charge in [0.1, 0.15) is 5.75 Å². The fraction of sp³-hybridized carbons (Fsp3) is 0.240. The highest BCUT2D eigenvalue weighted by Crippen LogP contribution is 2.29. The summed E-state index contributed by atoms with van der Waals surface area (Å²) in [6, 6.07) is 16.3. The molecule has 0 saturated heterocycles. The van der Waals surface area contributed by atoms with E-state index < -0.39 is 11.7 Å². The highest BCUT2D eigenvalue weighted by atomic mass is 19.4. The highest BCUT2D eigenvalue weighted by Gasteiger charge is 2.30. The van der Waals surface area contributed by atoms with Crippen LogP contribution in [-0.4, -0.2) is 29.0 Å². The summed E-state index contributed by atoms with van der Waals surface area (Å²) < 4.78 is 46.1. The third-order valence-electron chi connectivity index (χ3n) is 5.10. The Morgan fingerprint density at radius 1 is 1.09 bits per heavy atom. The Balaban J connectivity index is 1.73. The SMILES string of the molecule is C=CCN(Cc1cccn1Cc1cccc(C(F)(F)F)c1)C(=O)Cc1ccc(OC)cc1. The third kappa shape index (κ3) is 6.03. The van der Waals surface area contributed by atoms with Crippen molar-refractivity contribution in [1.29, 1.82) is 0 Å². The average molecular weight is 442 g/mol. The lowest BCUT2D eigenvalue weighted by Crippen LogP contribution is -2.32. The zero-order valence-electron chi connectivity index (χ0n) is 17.8. The lowest BCUT2D eigenvalue weighted by atomic mass is 10.1. The van der Waals surface area contributed by atoms with Crippen LogP contribution in [0.15, 0.2) is 79.5 Å². The largest absolute Gasteiger partial charge is 0.497 e. The van der Waals surface area contributed by atoms with Crippen LogP contribution < -0.4 is 4.74 Å². The average Bonchev–Trinajstić information content (AvgIpc) is 3.20. The van der Waals surface area contributed by atoms with Crippen LogP contribution in [0.4, 0.5) is 13.2 Å². The lowest BCUT2D eigenvalue weighted by Gasteiger charge is -2.22. The molecule has 0 aliphatic carbocycles. The second kappa shape index (κ2) is 10.2. The fourth-order valence-electron chi connectivity index (χ4n) is 3.43. The number of carbonyl (C=O) groups is 1. The molecule has 0 N–H and O–H groups in total. The van der Waals surface area contributed by atoms with Crippen molar-refractivity contribution < 1.29 is 22.7 Å². The molecule has 0 bridgehead atoms. The van der Waals surface area contributed by atoms with Crippen molar-refractivity contribution in [2.45, 2.75) is 25.7 Å². The van der Waals surface area contributed by atoms with Gasteiger partial charge in [0.25, 0.3) is 0 Å². The summed E-state index contributed by atoms with van der Waals surface area (Å²) in [4.78, 5) is 14.6. The van der Waals surface area contributed by atoms with Gasteiger partial charge in [-0.15, -0.1) is 6.58 Å². The van der Waals surface area contributed by atoms with Gasteiger partial charge in [-0.05, 0) is 47.5 Å². The smallest absolute Gasteiger partial charge is 0.416 e. The van der Waals surface area contributed by atoms with Crippen LogP contribution in [0.3, 0.4) is 0 Å². The molecule has 32 heavy (non-hydrogen) atoms. The van der Waals surface area contributed by atoms with E-state index in [9.17, 15) is 18.0 Å². The number of ether oxygens (including phenoxy) is 1. The van der Waals surface area contributed by atoms with E-state index >= 15 is 0 Å². The van der Waals surface area contributed by atoms with Gasteiger partial charge in [0, 0.05) is 25.0 Å². The van der Waals surface area contributed by atoms with Crippen LogP contribution >= 0.6 is 0 Å². The van der Waals surface area contributed by atoms with Gasteiger partial charge in [0.05, 0.1) is 25.6 Å². The zero-order chi connectivity index (χ0) is 23.1. The second-order valence-electron chi connectivity index (χ2n) is 7.41. The van der Waals surface area contributed by atoms with Gasteiger partial charge >= 0.3 is 6.18 Å². The minimum atomic E-state index is -4.38. The number of carbonyl (C=O) groups excluding carboxylic acids is 1. The first-order chi connectivity index (χ1) is 15.3. The molecular formula is C25H25F3N2O2. The number of aromatic nitrogens is 1. The first-order valence-corrected chi connectivity index (χ1v) is 10.1. The van der Waals surface area contributed by atoms with Crippen molar-refractivity contribution in [2.75, 3.05) is 13.7 Å². The second-order valence-corrected chi connectivity index (χ2v) is 7.41. The Kier molecular flexibility index (Phi) is 7.41. The molecule has 0 fully saturated rings. The first kappa shape index (κ1) is 23.2. The van der Waals surface area contributed by atoms with E-state index in [1.807, 2.05) is 28.8 Å². The number of amides is 1. The zero-order valence-corrected chi connectivity index (χ0v) is 17.8. The summed E-state index contributed by atoms with van der Waals surface area (Å²) in [5.41, 5.74) is 1.56. The molecule has 168 valence electrons. The van der Waals surface area contributed by atoms with E-state index in [1.54, 1.807) is 42.5 Å². The van der Waals surface area contributed by atoms with Gasteiger partial charge in [-0.2, -0.15) is 13.2 Å². The first-order valence-electron chi connectivity index (χ1n) is 10.1. The Bertz CT molecular complexity index is 1060. The molecule has 1 aromatic heterocycles. The van der Waals surface area contributed by atoms with Crippen molar-refractivity contribution in [3.63, 3.8) is 0 Å². The molecule has 1 amide bonds. The number of methoxy groups -OCH3 is 1. The molecular weight excluding hydrogens is 417 g/mol. The van der Waals surface area contributed by atoms with E-state index in [4.69, 9.17) is 4.74 Å². The summed E-state index contributed by atoms with van der Waals surface area (Å²) in [5.74, 6) is 0.651. The number of alkyl halides is 3. The van der Waals surface area contributed by atoms with Crippen molar-refractivity contribution in [3.8, 4) is 5.75 Å². The van der Waals surface area contributed by atoms with Crippen LogP contribution in [-0.2, 0) is 30.5 Å². The quantitative estimate of drug-likeness (QED) is 0.421. The molecule has 3 rings (SSSR count). The van der Waals surface area contributed by atoms with Crippen LogP contribution in [0.1, 0.15) is 22.4 Å². The van der Waals surface area contributed by atoms with Gasteiger partial charge in [0.2, 0.25) is 5.91 Å². The summed E-state index contributed by atoms with van der Waals surface area (Å²) >= 11 is 0. The maximum absolute atomic E-state index is 13.0. The standard InChI is InChI=1S/C25H25F3N2O2/c1-3-13-30(24(31)16-19-9-11-23(32-2)12-10-19)18-22-8-5-14-29(22)17-20-6-4-7-21(15-20)25(26,27)28/h3-12,14-15H,1,13,16-18H2,2H3. The van der Waals surface area contributed by atoms with Crippen molar-refractivity contribution >= 4 is 5.91 Å². The van der Waals surface area contributed by atoms with Gasteiger partial charge in [-0.25, -0.2) is 0 Å². The lowest BCUT2D eigenvalue weighted by molar-refractivity contribution is -0.137. The van der Waals surface area contributed by atoms with Crippen molar-refractivity contribution in [2.24, 2.45) is 0 Å². The normalized spacial score (nSPS) is 11.2. The predicted octanol–water partition coefficient (Wildman–Crippen LogP) is 5.32. The maximum Gasteiger partial charge on any atom is 0.416 e. The number of hydrogen-bond acceptors (Lipinski definition) is 2. The number of halogens is 3. The molecule has 0 radical (unpaired) electrons. The van der Waals surface area contributed by atoms with Gasteiger partial charge in [-0.1, -0.05) is 30.3 Å². The predicted molar refractivity (Wildman–Crippen MR) is 117 cm³/mol. The molecule has 2 aromatic carbocycles. The van der Waals surface area contributed by atoms with Gasteiger partial charge < -0.3 is 14.2 Å². The molecule has 7 heteroatoms. The molecule has 1 heterocycles. The minimum absolute atomic E-state index is 0.0677.